The first-order valence-electron chi connectivity index (χ1n) is 30.6. The molecular formula is C64H93N17O11S4. The third-order valence-corrected chi connectivity index (χ3v) is 22.8. The number of amides is 2. The number of nitrogens with one attached hydrogen (secondary N) is 3. The minimum atomic E-state index is -3.37. The molecule has 0 saturated heterocycles. The second kappa shape index (κ2) is 30.6. The number of carbonyl (C=O) groups excluding carboxylic acids is 2. The summed E-state index contributed by atoms with van der Waals surface area (Å²) in [5, 5.41) is 30.9. The van der Waals surface area contributed by atoms with Gasteiger partial charge in [-0.1, -0.05) is 61.3 Å². The van der Waals surface area contributed by atoms with Gasteiger partial charge < -0.3 is 35.4 Å². The van der Waals surface area contributed by atoms with E-state index in [1.54, 1.807) is 158 Å². The summed E-state index contributed by atoms with van der Waals surface area (Å²) < 4.78 is 91.0. The van der Waals surface area contributed by atoms with Crippen molar-refractivity contribution in [1.82, 2.24) is 71.1 Å². The molecule has 32 heteroatoms. The third-order valence-electron chi connectivity index (χ3n) is 15.2. The quantitative estimate of drug-likeness (QED) is 0.0473. The van der Waals surface area contributed by atoms with Crippen LogP contribution in [-0.2, 0) is 40.9 Å². The minimum Gasteiger partial charge on any atom is -0.414 e. The highest BCUT2D eigenvalue weighted by molar-refractivity contribution is 7.92. The molecule has 96 heavy (non-hydrogen) atoms. The van der Waals surface area contributed by atoms with Crippen molar-refractivity contribution < 1.29 is 62.4 Å². The molecule has 7 heterocycles. The Balaban J connectivity index is 0. The summed E-state index contributed by atoms with van der Waals surface area (Å²) in [6.45, 7) is 18.7. The number of aryl methyl sites for hydroxylation is 3. The molecule has 1 aliphatic carbocycles. The van der Waals surface area contributed by atoms with Crippen LogP contribution in [0.5, 0.6) is 0 Å². The Bertz CT molecular complexity index is 4780. The first kappa shape index (κ1) is 71.0. The third kappa shape index (κ3) is 16.7. The van der Waals surface area contributed by atoms with Gasteiger partial charge in [0.15, 0.2) is 29.5 Å². The van der Waals surface area contributed by atoms with E-state index in [-0.39, 0.29) is 77.2 Å². The molecule has 0 spiro atoms. The molecule has 2 atom stereocenters. The highest BCUT2D eigenvalue weighted by Crippen LogP contribution is 2.33. The number of aromatic nitrogens is 12. The second-order valence-electron chi connectivity index (χ2n) is 23.0. The van der Waals surface area contributed by atoms with Crippen LogP contribution in [-0.4, -0.2) is 138 Å². The molecule has 0 bridgehead atoms. The standard InChI is InChI=1S/C23H28N6O4S.C23H25N5O3S2.C18H20N6O4S.10H2/c1-13(2)34(31,32)16-10-8-15(9-11-16)19-12-25-14(3)20(26-19)22-28-29-23(33-22)21(30)27-18-7-5-4-6-17(18)24;1-5-24-12-17-8-11-20(32-17)22-27-28-23(31-22)21-15(4)25-13-19(26-21)16-6-9-18(10-7-16)33(29,30)14(2)3;1-10(2)29(26,27)13-6-4-12(5-7-13)14-9-20-11(3)16(21-14)17-23-24-18(28-17)22-15(25)8-19;;;;;;;;;;/h8-13,17-18H,4-7,24H2,1-3H3,(H,27,30);6-11,13-14,24H,5,12H2,1-4H3;4-7,9-10H,8,19H2,1-3H3,(H,22,24,25);10*1H. The SMILES string of the molecule is CCNCc1ccc(-c2nnc(-c3nc(-c4ccc(S(=O)(=O)C(C)C)cc4)cnc3C)o2)s1.Cc1ncc(-c2ccc(S(=O)(=O)C(C)C)cc2)nc1-c1nnc(C(=O)NC2CCCCC2N)o1.Cc1ncc(-c2ccc(S(=O)(=O)C(C)C)cc2)nc1-c1nnc(NC(=O)CN)o1.[HH].[HH].[HH].[HH].[HH].[HH].[HH].[HH].[HH].[HH]. The molecule has 7 N–H and O–H groups in total. The van der Waals surface area contributed by atoms with Crippen LogP contribution in [0, 0.1) is 20.8 Å². The Kier molecular flexibility index (Phi) is 22.6. The number of thiophene rings is 1. The lowest BCUT2D eigenvalue weighted by Gasteiger charge is -2.28. The lowest BCUT2D eigenvalue weighted by molar-refractivity contribution is -0.115. The largest absolute Gasteiger partial charge is 0.414 e. The van der Waals surface area contributed by atoms with Gasteiger partial charge in [0.25, 0.3) is 23.6 Å². The van der Waals surface area contributed by atoms with Gasteiger partial charge in [-0.2, -0.15) is 0 Å². The molecule has 0 aliphatic heterocycles. The monoisotopic (exact) mass is 1400 g/mol. The topological polar surface area (TPSA) is 419 Å². The molecule has 0 radical (unpaired) electrons. The Morgan fingerprint density at radius 3 is 1.42 bits per heavy atom. The summed E-state index contributed by atoms with van der Waals surface area (Å²) >= 11 is 1.60. The maximum absolute atomic E-state index is 12.6. The van der Waals surface area contributed by atoms with Gasteiger partial charge in [0.1, 0.15) is 17.1 Å². The number of benzene rings is 3. The van der Waals surface area contributed by atoms with E-state index in [1.165, 1.54) is 4.88 Å². The number of nitrogens with zero attached hydrogens (tertiary/aromatic N) is 12. The molecule has 11 rings (SSSR count). The summed E-state index contributed by atoms with van der Waals surface area (Å²) in [4.78, 5) is 53.7. The lowest BCUT2D eigenvalue weighted by Crippen LogP contribution is -2.49. The van der Waals surface area contributed by atoms with Crippen LogP contribution in [0.1, 0.15) is 121 Å². The maximum Gasteiger partial charge on any atom is 0.322 e. The van der Waals surface area contributed by atoms with Crippen LogP contribution in [0.4, 0.5) is 6.01 Å². The molecule has 1 saturated carbocycles. The van der Waals surface area contributed by atoms with E-state index in [1.807, 2.05) is 19.1 Å². The molecular weight excluding hydrogens is 1310 g/mol. The molecule has 1 aliphatic rings. The van der Waals surface area contributed by atoms with Crippen LogP contribution >= 0.6 is 11.3 Å². The van der Waals surface area contributed by atoms with Crippen molar-refractivity contribution in [3.8, 4) is 79.3 Å². The van der Waals surface area contributed by atoms with Gasteiger partial charge in [-0.05, 0) is 130 Å². The zero-order valence-corrected chi connectivity index (χ0v) is 57.6. The predicted molar refractivity (Wildman–Crippen MR) is 381 cm³/mol. The van der Waals surface area contributed by atoms with E-state index in [0.29, 0.717) is 68.3 Å². The van der Waals surface area contributed by atoms with E-state index < -0.39 is 57.1 Å². The number of nitrogens with two attached hydrogens (primary N) is 2. The fraction of sp³-hybridized carbons (Fsp3) is 0.344. The van der Waals surface area contributed by atoms with E-state index in [4.69, 9.17) is 24.7 Å². The van der Waals surface area contributed by atoms with Crippen molar-refractivity contribution in [2.45, 2.75) is 144 Å². The number of rotatable bonds is 20. The van der Waals surface area contributed by atoms with Gasteiger partial charge in [-0.3, -0.25) is 29.9 Å². The zero-order valence-electron chi connectivity index (χ0n) is 54.3. The fourth-order valence-electron chi connectivity index (χ4n) is 9.41. The number of anilines is 1. The van der Waals surface area contributed by atoms with Crippen molar-refractivity contribution in [3.05, 3.63) is 131 Å². The van der Waals surface area contributed by atoms with Gasteiger partial charge in [0, 0.05) is 54.5 Å². The predicted octanol–water partition coefficient (Wildman–Crippen LogP) is 11.2. The van der Waals surface area contributed by atoms with Crippen molar-refractivity contribution in [3.63, 3.8) is 0 Å². The van der Waals surface area contributed by atoms with Crippen molar-refractivity contribution in [2.24, 2.45) is 11.5 Å². The molecule has 10 aromatic rings. The molecule has 28 nitrogen and oxygen atoms in total. The molecule has 2 amide bonds. The second-order valence-corrected chi connectivity index (χ2v) is 31.7. The maximum atomic E-state index is 12.6. The van der Waals surface area contributed by atoms with E-state index >= 15 is 0 Å². The zero-order chi connectivity index (χ0) is 69.2. The van der Waals surface area contributed by atoms with Crippen LogP contribution in [0.25, 0.3) is 79.3 Å². The number of hydrogen-bond acceptors (Lipinski definition) is 27. The Hall–Kier alpha value is -9.31. The molecule has 7 aromatic heterocycles. The minimum absolute atomic E-state index is 0. The first-order valence-corrected chi connectivity index (χ1v) is 36.1. The molecule has 524 valence electrons. The van der Waals surface area contributed by atoms with Crippen LogP contribution in [0.2, 0.25) is 0 Å². The van der Waals surface area contributed by atoms with Crippen molar-refractivity contribution >= 4 is 58.7 Å². The van der Waals surface area contributed by atoms with Crippen LogP contribution in [0.3, 0.4) is 0 Å². The first-order chi connectivity index (χ1) is 45.7. The normalized spacial score (nSPS) is 14.2. The van der Waals surface area contributed by atoms with Crippen LogP contribution in [0.15, 0.2) is 131 Å². The molecule has 2 unspecified atom stereocenters. The van der Waals surface area contributed by atoms with E-state index in [9.17, 15) is 34.8 Å². The summed E-state index contributed by atoms with van der Waals surface area (Å²) in [5.41, 5.74) is 18.0. The molecule has 1 fully saturated rings. The smallest absolute Gasteiger partial charge is 0.322 e. The summed E-state index contributed by atoms with van der Waals surface area (Å²) in [6.07, 6.45) is 8.55. The number of sulfone groups is 3. The van der Waals surface area contributed by atoms with Gasteiger partial charge in [-0.25, -0.2) is 40.2 Å². The average molecular weight is 1400 g/mol. The van der Waals surface area contributed by atoms with Gasteiger partial charge >= 0.3 is 17.8 Å². The number of carbonyl (C=O) groups is 2. The number of hydrogen-bond donors (Lipinski definition) is 5. The van der Waals surface area contributed by atoms with Gasteiger partial charge in [-0.15, -0.1) is 36.8 Å². The van der Waals surface area contributed by atoms with Crippen LogP contribution < -0.4 is 27.4 Å². The van der Waals surface area contributed by atoms with Crippen molar-refractivity contribution in [1.29, 1.82) is 0 Å². The summed E-state index contributed by atoms with van der Waals surface area (Å²) in [5.74, 6) is -0.210. The highest BCUT2D eigenvalue weighted by atomic mass is 32.2. The fourth-order valence-corrected chi connectivity index (χ4v) is 13.5. The summed E-state index contributed by atoms with van der Waals surface area (Å²) in [6, 6.07) is 23.2. The average Bonchev–Trinajstić information content (AvgIpc) is 1.19. The molecule has 3 aromatic carbocycles. The van der Waals surface area contributed by atoms with Crippen molar-refractivity contribution in [2.75, 3.05) is 18.4 Å². The Labute approximate surface area is 574 Å². The van der Waals surface area contributed by atoms with E-state index in [0.717, 1.165) is 49.2 Å². The lowest BCUT2D eigenvalue weighted by atomic mass is 9.91. The Morgan fingerprint density at radius 2 is 0.979 bits per heavy atom. The van der Waals surface area contributed by atoms with Gasteiger partial charge in [0.05, 0.1) is 94.6 Å². The van der Waals surface area contributed by atoms with Gasteiger partial charge in [0.2, 0.25) is 5.91 Å². The van der Waals surface area contributed by atoms with E-state index in [2.05, 4.69) is 83.4 Å². The Morgan fingerprint density at radius 1 is 0.562 bits per heavy atom. The summed E-state index contributed by atoms with van der Waals surface area (Å²) in [7, 11) is -10.1. The highest BCUT2D eigenvalue weighted by Gasteiger charge is 2.28.